The standard InChI is InChI=1S/C26H26ClN5O3S/c1-15(17-4-6-20(27)7-5-17)32-16(2)30-24-18(8-11-29-36(34)35)12-19(13-23(24)32)22-14-31(3)26(33)25-21(22)9-10-28-25/h4-7,9-10,12-15,28-29H,8,11H2,1-3H3,(H,34,35). The van der Waals surface area contributed by atoms with Crippen LogP contribution in [0.3, 0.4) is 0 Å². The Morgan fingerprint density at radius 3 is 2.69 bits per heavy atom. The smallest absolute Gasteiger partial charge is 0.274 e. The van der Waals surface area contributed by atoms with Crippen molar-refractivity contribution in [2.24, 2.45) is 7.05 Å². The molecule has 0 aliphatic rings. The van der Waals surface area contributed by atoms with Gasteiger partial charge in [0.15, 0.2) is 0 Å². The van der Waals surface area contributed by atoms with Crippen LogP contribution >= 0.6 is 11.6 Å². The Morgan fingerprint density at radius 2 is 1.97 bits per heavy atom. The van der Waals surface area contributed by atoms with E-state index in [0.717, 1.165) is 44.5 Å². The Kier molecular flexibility index (Phi) is 6.57. The Balaban J connectivity index is 1.74. The molecule has 0 amide bonds. The van der Waals surface area contributed by atoms with Gasteiger partial charge >= 0.3 is 0 Å². The molecule has 3 heterocycles. The summed E-state index contributed by atoms with van der Waals surface area (Å²) in [6.45, 7) is 4.41. The molecule has 0 aliphatic heterocycles. The lowest BCUT2D eigenvalue weighted by molar-refractivity contribution is 0.549. The molecule has 5 rings (SSSR count). The van der Waals surface area contributed by atoms with Crippen molar-refractivity contribution in [1.29, 1.82) is 0 Å². The number of aryl methyl sites for hydroxylation is 2. The topological polar surface area (TPSA) is 105 Å². The fraction of sp³-hybridized carbons (Fsp3) is 0.231. The molecule has 36 heavy (non-hydrogen) atoms. The van der Waals surface area contributed by atoms with Crippen LogP contribution in [0.25, 0.3) is 33.1 Å². The second-order valence-electron chi connectivity index (χ2n) is 8.88. The van der Waals surface area contributed by atoms with Gasteiger partial charge in [0.2, 0.25) is 11.3 Å². The van der Waals surface area contributed by atoms with E-state index in [2.05, 4.69) is 33.3 Å². The van der Waals surface area contributed by atoms with Crippen LogP contribution in [0, 0.1) is 6.92 Å². The summed E-state index contributed by atoms with van der Waals surface area (Å²) in [6, 6.07) is 13.9. The van der Waals surface area contributed by atoms with Crippen LogP contribution in [0.1, 0.15) is 29.9 Å². The van der Waals surface area contributed by atoms with Gasteiger partial charge in [0.05, 0.1) is 17.1 Å². The minimum absolute atomic E-state index is 0.00848. The zero-order valence-electron chi connectivity index (χ0n) is 20.1. The predicted octanol–water partition coefficient (Wildman–Crippen LogP) is 4.72. The molecule has 10 heteroatoms. The number of nitrogens with zero attached hydrogens (tertiary/aromatic N) is 3. The summed E-state index contributed by atoms with van der Waals surface area (Å²) in [5.74, 6) is 0.858. The van der Waals surface area contributed by atoms with Crippen molar-refractivity contribution in [3.05, 3.63) is 87.2 Å². The molecule has 186 valence electrons. The molecular weight excluding hydrogens is 498 g/mol. The molecule has 0 radical (unpaired) electrons. The van der Waals surface area contributed by atoms with Crippen molar-refractivity contribution in [3.8, 4) is 11.1 Å². The van der Waals surface area contributed by atoms with Crippen LogP contribution in [0.15, 0.2) is 59.7 Å². The van der Waals surface area contributed by atoms with Crippen molar-refractivity contribution in [2.45, 2.75) is 26.3 Å². The van der Waals surface area contributed by atoms with Crippen molar-refractivity contribution in [3.63, 3.8) is 0 Å². The van der Waals surface area contributed by atoms with Gasteiger partial charge in [-0.3, -0.25) is 9.35 Å². The third-order valence-corrected chi connectivity index (χ3v) is 7.32. The first-order chi connectivity index (χ1) is 17.2. The summed E-state index contributed by atoms with van der Waals surface area (Å²) < 4.78 is 26.7. The highest BCUT2D eigenvalue weighted by molar-refractivity contribution is 7.77. The molecule has 2 aromatic carbocycles. The second kappa shape index (κ2) is 9.67. The number of pyridine rings is 1. The minimum Gasteiger partial charge on any atom is -0.357 e. The Hall–Kier alpha value is -3.24. The number of hydrogen-bond acceptors (Lipinski definition) is 3. The number of H-pyrrole nitrogens is 1. The van der Waals surface area contributed by atoms with E-state index in [1.54, 1.807) is 17.8 Å². The van der Waals surface area contributed by atoms with E-state index in [1.807, 2.05) is 43.5 Å². The molecule has 3 N–H and O–H groups in total. The molecule has 5 aromatic rings. The van der Waals surface area contributed by atoms with E-state index in [0.29, 0.717) is 23.5 Å². The molecule has 3 aromatic heterocycles. The van der Waals surface area contributed by atoms with Gasteiger partial charge in [0, 0.05) is 42.0 Å². The fourth-order valence-electron chi connectivity index (χ4n) is 4.88. The van der Waals surface area contributed by atoms with Crippen LogP contribution in [0.4, 0.5) is 0 Å². The van der Waals surface area contributed by atoms with Gasteiger partial charge in [0.1, 0.15) is 11.3 Å². The number of fused-ring (bicyclic) bond motifs is 2. The third kappa shape index (κ3) is 4.39. The number of benzene rings is 2. The van der Waals surface area contributed by atoms with Crippen molar-refractivity contribution in [2.75, 3.05) is 6.54 Å². The fourth-order valence-corrected chi connectivity index (χ4v) is 5.28. The zero-order valence-corrected chi connectivity index (χ0v) is 21.7. The Bertz CT molecular complexity index is 1670. The van der Waals surface area contributed by atoms with Gasteiger partial charge in [-0.2, -0.15) is 0 Å². The summed E-state index contributed by atoms with van der Waals surface area (Å²) in [6.07, 6.45) is 4.12. The molecule has 2 atom stereocenters. The van der Waals surface area contributed by atoms with E-state index in [9.17, 15) is 13.6 Å². The molecule has 0 saturated carbocycles. The molecular formula is C26H26ClN5O3S. The van der Waals surface area contributed by atoms with Crippen LogP contribution in [-0.2, 0) is 24.7 Å². The maximum Gasteiger partial charge on any atom is 0.274 e. The monoisotopic (exact) mass is 523 g/mol. The first-order valence-corrected chi connectivity index (χ1v) is 13.0. The number of halogens is 1. The normalized spacial score (nSPS) is 13.5. The van der Waals surface area contributed by atoms with Crippen LogP contribution in [0.2, 0.25) is 5.02 Å². The van der Waals surface area contributed by atoms with Crippen LogP contribution in [-0.4, -0.2) is 34.4 Å². The maximum atomic E-state index is 12.6. The lowest BCUT2D eigenvalue weighted by Crippen LogP contribution is -2.19. The van der Waals surface area contributed by atoms with E-state index in [1.165, 1.54) is 0 Å². The largest absolute Gasteiger partial charge is 0.357 e. The van der Waals surface area contributed by atoms with Crippen molar-refractivity contribution < 1.29 is 8.76 Å². The Labute approximate surface area is 215 Å². The average Bonchev–Trinajstić information content (AvgIpc) is 3.46. The van der Waals surface area contributed by atoms with E-state index in [4.69, 9.17) is 16.6 Å². The molecule has 0 aliphatic carbocycles. The third-order valence-electron chi connectivity index (χ3n) is 6.62. The van der Waals surface area contributed by atoms with Crippen molar-refractivity contribution >= 4 is 44.8 Å². The van der Waals surface area contributed by atoms with E-state index >= 15 is 0 Å². The lowest BCUT2D eigenvalue weighted by atomic mass is 9.98. The van der Waals surface area contributed by atoms with Crippen LogP contribution in [0.5, 0.6) is 0 Å². The maximum absolute atomic E-state index is 12.6. The quantitative estimate of drug-likeness (QED) is 0.268. The Morgan fingerprint density at radius 1 is 1.22 bits per heavy atom. The minimum atomic E-state index is -2.10. The van der Waals surface area contributed by atoms with Gasteiger partial charge < -0.3 is 14.1 Å². The molecule has 8 nitrogen and oxygen atoms in total. The second-order valence-corrected chi connectivity index (χ2v) is 10.1. The number of hydrogen-bond donors (Lipinski definition) is 3. The SMILES string of the molecule is Cc1nc2c(CCNS(=O)O)cc(-c3cn(C)c(=O)c4[nH]ccc34)cc2n1C(C)c1ccc(Cl)cc1. The van der Waals surface area contributed by atoms with Crippen LogP contribution < -0.4 is 10.3 Å². The highest BCUT2D eigenvalue weighted by Gasteiger charge is 2.20. The number of nitrogens with one attached hydrogen (secondary N) is 2. The number of imidazole rings is 1. The molecule has 0 fully saturated rings. The zero-order chi connectivity index (χ0) is 25.6. The first-order valence-electron chi connectivity index (χ1n) is 11.5. The first kappa shape index (κ1) is 24.5. The van der Waals surface area contributed by atoms with E-state index < -0.39 is 11.3 Å². The molecule has 0 bridgehead atoms. The predicted molar refractivity (Wildman–Crippen MR) is 145 cm³/mol. The van der Waals surface area contributed by atoms with Gasteiger partial charge in [-0.15, -0.1) is 0 Å². The van der Waals surface area contributed by atoms with Gasteiger partial charge in [-0.05, 0) is 67.3 Å². The van der Waals surface area contributed by atoms with Gasteiger partial charge in [-0.1, -0.05) is 23.7 Å². The lowest BCUT2D eigenvalue weighted by Gasteiger charge is -2.18. The van der Waals surface area contributed by atoms with Crippen molar-refractivity contribution in [1.82, 2.24) is 23.8 Å². The highest BCUT2D eigenvalue weighted by Crippen LogP contribution is 2.34. The number of aromatic nitrogens is 4. The summed E-state index contributed by atoms with van der Waals surface area (Å²) >= 11 is 4.02. The number of aromatic amines is 1. The van der Waals surface area contributed by atoms with Gasteiger partial charge in [0.25, 0.3) is 5.56 Å². The molecule has 0 spiro atoms. The highest BCUT2D eigenvalue weighted by atomic mass is 35.5. The summed E-state index contributed by atoms with van der Waals surface area (Å²) in [4.78, 5) is 20.6. The average molecular weight is 524 g/mol. The van der Waals surface area contributed by atoms with E-state index in [-0.39, 0.29) is 11.6 Å². The summed E-state index contributed by atoms with van der Waals surface area (Å²) in [5, 5.41) is 1.52. The molecule has 0 saturated heterocycles. The summed E-state index contributed by atoms with van der Waals surface area (Å²) in [7, 11) is 1.74. The van der Waals surface area contributed by atoms with Gasteiger partial charge in [-0.25, -0.2) is 13.9 Å². The summed E-state index contributed by atoms with van der Waals surface area (Å²) in [5.41, 5.74) is 6.15. The number of rotatable bonds is 7. The molecule has 2 unspecified atom stereocenters.